The number of aromatic amines is 1. The number of carbonyl (C=O) groups is 2. The van der Waals surface area contributed by atoms with Gasteiger partial charge < -0.3 is 9.80 Å². The maximum Gasteiger partial charge on any atom is 0.256 e. The second kappa shape index (κ2) is 9.84. The van der Waals surface area contributed by atoms with Crippen LogP contribution in [-0.2, 0) is 9.59 Å². The van der Waals surface area contributed by atoms with E-state index < -0.39 is 5.54 Å². The molecule has 2 aromatic carbocycles. The molecule has 3 aromatic rings. The van der Waals surface area contributed by atoms with Gasteiger partial charge in [0.1, 0.15) is 11.4 Å². The van der Waals surface area contributed by atoms with Gasteiger partial charge in [0.25, 0.3) is 5.91 Å². The van der Waals surface area contributed by atoms with Crippen molar-refractivity contribution in [1.29, 1.82) is 0 Å². The second-order valence-corrected chi connectivity index (χ2v) is 12.7. The molecule has 1 aliphatic carbocycles. The van der Waals surface area contributed by atoms with Gasteiger partial charge in [-0.05, 0) is 54.9 Å². The van der Waals surface area contributed by atoms with E-state index in [1.54, 1.807) is 0 Å². The highest BCUT2D eigenvalue weighted by Gasteiger charge is 2.51. The first kappa shape index (κ1) is 25.4. The number of piperidine rings is 1. The molecule has 0 atom stereocenters. The average Bonchev–Trinajstić information content (AvgIpc) is 3.62. The molecule has 3 aliphatic heterocycles. The fourth-order valence-electron chi connectivity index (χ4n) is 6.64. The number of nitrogens with zero attached hydrogens (tertiary/aromatic N) is 5. The molecule has 0 unspecified atom stereocenters. The summed E-state index contributed by atoms with van der Waals surface area (Å²) in [6, 6.07) is 14.7. The molecule has 0 radical (unpaired) electrons. The molecule has 1 aromatic heterocycles. The Bertz CT molecular complexity index is 1460. The Morgan fingerprint density at radius 3 is 2.42 bits per heavy atom. The maximum atomic E-state index is 14.1. The topological polar surface area (TPSA) is 84.9 Å². The Kier molecular flexibility index (Phi) is 6.26. The van der Waals surface area contributed by atoms with Gasteiger partial charge in [0.05, 0.1) is 11.7 Å². The molecule has 40 heavy (non-hydrogen) atoms. The molecule has 208 valence electrons. The molecule has 1 spiro atoms. The summed E-state index contributed by atoms with van der Waals surface area (Å²) >= 11 is 0. The standard InChI is InChI=1S/C32H38N6O2/c1-21(2)17-36-13-11-32(12-14-36)31(40)38(20-22-18-37(19-22)30(39)25-7-8-25)29(34-32)24-5-3-23(4-6-24)26-9-10-28-27(15-26)16-33-35-28/h3-6,9-10,15-16,21-22,25H,7-8,11-14,17-20H2,1-2H3,(H,33,35). The number of carbonyl (C=O) groups excluding carboxylic acids is 2. The second-order valence-electron chi connectivity index (χ2n) is 12.7. The monoisotopic (exact) mass is 538 g/mol. The summed E-state index contributed by atoms with van der Waals surface area (Å²) in [5.74, 6) is 2.40. The molecule has 2 amide bonds. The molecular weight excluding hydrogens is 500 g/mol. The first-order valence-corrected chi connectivity index (χ1v) is 14.9. The van der Waals surface area contributed by atoms with Crippen LogP contribution < -0.4 is 0 Å². The molecule has 8 heteroatoms. The lowest BCUT2D eigenvalue weighted by atomic mass is 9.87. The first-order valence-electron chi connectivity index (χ1n) is 14.9. The minimum atomic E-state index is -0.666. The Labute approximate surface area is 235 Å². The average molecular weight is 539 g/mol. The molecule has 7 rings (SSSR count). The van der Waals surface area contributed by atoms with Crippen LogP contribution in [0.1, 0.15) is 45.1 Å². The van der Waals surface area contributed by atoms with E-state index in [2.05, 4.69) is 71.4 Å². The lowest BCUT2D eigenvalue weighted by Crippen LogP contribution is -2.57. The number of H-pyrrole nitrogens is 1. The number of likely N-dealkylation sites (tertiary alicyclic amines) is 2. The lowest BCUT2D eigenvalue weighted by Gasteiger charge is -2.42. The molecule has 2 saturated heterocycles. The number of hydrogen-bond acceptors (Lipinski definition) is 5. The Morgan fingerprint density at radius 2 is 1.73 bits per heavy atom. The summed E-state index contributed by atoms with van der Waals surface area (Å²) < 4.78 is 0. The molecule has 4 aliphatic rings. The van der Waals surface area contributed by atoms with Crippen molar-refractivity contribution in [1.82, 2.24) is 24.9 Å². The van der Waals surface area contributed by atoms with Crippen LogP contribution in [0.4, 0.5) is 0 Å². The SMILES string of the molecule is CC(C)CN1CCC2(CC1)N=C(c1ccc(-c3ccc4[nH]ncc4c3)cc1)N(CC1CN(C(=O)C3CC3)C1)C2=O. The number of rotatable bonds is 7. The van der Waals surface area contributed by atoms with Crippen molar-refractivity contribution in [3.05, 3.63) is 54.2 Å². The minimum Gasteiger partial charge on any atom is -0.342 e. The zero-order valence-electron chi connectivity index (χ0n) is 23.5. The number of hydrogen-bond donors (Lipinski definition) is 1. The zero-order valence-corrected chi connectivity index (χ0v) is 23.5. The van der Waals surface area contributed by atoms with Gasteiger partial charge in [-0.25, -0.2) is 0 Å². The van der Waals surface area contributed by atoms with Crippen molar-refractivity contribution in [3.8, 4) is 11.1 Å². The number of amidine groups is 1. The van der Waals surface area contributed by atoms with Crippen molar-refractivity contribution in [2.75, 3.05) is 39.3 Å². The minimum absolute atomic E-state index is 0.146. The molecule has 8 nitrogen and oxygen atoms in total. The van der Waals surface area contributed by atoms with Crippen molar-refractivity contribution in [2.24, 2.45) is 22.7 Å². The molecule has 1 saturated carbocycles. The molecule has 4 heterocycles. The van der Waals surface area contributed by atoms with Crippen molar-refractivity contribution in [2.45, 2.75) is 45.1 Å². The summed E-state index contributed by atoms with van der Waals surface area (Å²) in [5, 5.41) is 8.23. The number of aromatic nitrogens is 2. The van der Waals surface area contributed by atoms with Gasteiger partial charge in [-0.2, -0.15) is 5.10 Å². The van der Waals surface area contributed by atoms with Crippen molar-refractivity contribution < 1.29 is 9.59 Å². The van der Waals surface area contributed by atoms with E-state index in [1.165, 1.54) is 0 Å². The maximum absolute atomic E-state index is 14.1. The Balaban J connectivity index is 1.13. The van der Waals surface area contributed by atoms with Gasteiger partial charge in [0.15, 0.2) is 0 Å². The smallest absolute Gasteiger partial charge is 0.256 e. The van der Waals surface area contributed by atoms with Gasteiger partial charge in [0, 0.05) is 62.1 Å². The van der Waals surface area contributed by atoms with Crippen LogP contribution in [0, 0.1) is 17.8 Å². The quantitative estimate of drug-likeness (QED) is 0.489. The highest BCUT2D eigenvalue weighted by molar-refractivity contribution is 6.15. The summed E-state index contributed by atoms with van der Waals surface area (Å²) in [7, 11) is 0. The van der Waals surface area contributed by atoms with E-state index in [4.69, 9.17) is 4.99 Å². The fraction of sp³-hybridized carbons (Fsp3) is 0.500. The summed E-state index contributed by atoms with van der Waals surface area (Å²) in [4.78, 5) is 38.2. The van der Waals surface area contributed by atoms with Crippen LogP contribution in [0.2, 0.25) is 0 Å². The van der Waals surface area contributed by atoms with Crippen molar-refractivity contribution >= 4 is 28.6 Å². The number of benzene rings is 2. The number of fused-ring (bicyclic) bond motifs is 1. The first-order chi connectivity index (χ1) is 19.4. The Morgan fingerprint density at radius 1 is 1.02 bits per heavy atom. The third-order valence-electron chi connectivity index (χ3n) is 9.08. The summed E-state index contributed by atoms with van der Waals surface area (Å²) in [5.41, 5.74) is 3.58. The van der Waals surface area contributed by atoms with Crippen LogP contribution in [0.5, 0.6) is 0 Å². The van der Waals surface area contributed by atoms with Gasteiger partial charge in [-0.1, -0.05) is 44.2 Å². The van der Waals surface area contributed by atoms with Crippen LogP contribution in [0.15, 0.2) is 53.7 Å². The zero-order chi connectivity index (χ0) is 27.4. The van der Waals surface area contributed by atoms with Crippen molar-refractivity contribution in [3.63, 3.8) is 0 Å². The number of amides is 2. The highest BCUT2D eigenvalue weighted by Crippen LogP contribution is 2.38. The summed E-state index contributed by atoms with van der Waals surface area (Å²) in [6.07, 6.45) is 5.43. The van der Waals surface area contributed by atoms with Crippen LogP contribution in [-0.4, -0.2) is 87.4 Å². The van der Waals surface area contributed by atoms with E-state index >= 15 is 0 Å². The van der Waals surface area contributed by atoms with Gasteiger partial charge >= 0.3 is 0 Å². The number of nitrogens with one attached hydrogen (secondary N) is 1. The van der Waals surface area contributed by atoms with Crippen LogP contribution in [0.25, 0.3) is 22.0 Å². The van der Waals surface area contributed by atoms with E-state index in [9.17, 15) is 9.59 Å². The molecule has 1 N–H and O–H groups in total. The van der Waals surface area contributed by atoms with E-state index in [1.807, 2.05) is 16.0 Å². The lowest BCUT2D eigenvalue weighted by molar-refractivity contribution is -0.140. The molecule has 0 bridgehead atoms. The van der Waals surface area contributed by atoms with E-state index in [0.717, 1.165) is 91.8 Å². The Hall–Kier alpha value is -3.52. The third-order valence-corrected chi connectivity index (χ3v) is 9.08. The normalized spacial score (nSPS) is 21.5. The fourth-order valence-corrected chi connectivity index (χ4v) is 6.64. The van der Waals surface area contributed by atoms with E-state index in [0.29, 0.717) is 24.3 Å². The van der Waals surface area contributed by atoms with E-state index in [-0.39, 0.29) is 11.8 Å². The molecule has 3 fully saturated rings. The highest BCUT2D eigenvalue weighted by atomic mass is 16.2. The van der Waals surface area contributed by atoms with Gasteiger partial charge in [-0.15, -0.1) is 0 Å². The summed E-state index contributed by atoms with van der Waals surface area (Å²) in [6.45, 7) is 9.47. The number of aliphatic imine (C=N–C) groups is 1. The van der Waals surface area contributed by atoms with Gasteiger partial charge in [0.2, 0.25) is 5.91 Å². The predicted octanol–water partition coefficient (Wildman–Crippen LogP) is 4.18. The van der Waals surface area contributed by atoms with Crippen LogP contribution in [0.3, 0.4) is 0 Å². The third kappa shape index (κ3) is 4.62. The van der Waals surface area contributed by atoms with Crippen LogP contribution >= 0.6 is 0 Å². The molecular formula is C32H38N6O2. The largest absolute Gasteiger partial charge is 0.342 e. The predicted molar refractivity (Wildman–Crippen MR) is 156 cm³/mol. The van der Waals surface area contributed by atoms with Gasteiger partial charge in [-0.3, -0.25) is 24.6 Å².